The van der Waals surface area contributed by atoms with E-state index in [1.807, 2.05) is 0 Å². The lowest BCUT2D eigenvalue weighted by atomic mass is 9.81. The first-order chi connectivity index (χ1) is 9.49. The minimum absolute atomic E-state index is 0.0806. The molecule has 0 saturated carbocycles. The first kappa shape index (κ1) is 14.7. The number of thiol groups is 1. The highest BCUT2D eigenvalue weighted by atomic mass is 32.1. The SMILES string of the molecule is CC1=C(C(=O)C(N)CCS)C(=O)c2ccccc2C1=O. The molecule has 0 heterocycles. The summed E-state index contributed by atoms with van der Waals surface area (Å²) in [5.41, 5.74) is 6.46. The average molecular weight is 289 g/mol. The molecule has 20 heavy (non-hydrogen) atoms. The number of hydrogen-bond donors (Lipinski definition) is 2. The molecular weight excluding hydrogens is 274 g/mol. The molecule has 104 valence electrons. The zero-order valence-electron chi connectivity index (χ0n) is 11.1. The largest absolute Gasteiger partial charge is 0.321 e. The highest BCUT2D eigenvalue weighted by Crippen LogP contribution is 2.27. The van der Waals surface area contributed by atoms with Crippen LogP contribution in [-0.4, -0.2) is 29.1 Å². The Morgan fingerprint density at radius 1 is 1.20 bits per heavy atom. The van der Waals surface area contributed by atoms with E-state index in [0.717, 1.165) is 0 Å². The van der Waals surface area contributed by atoms with E-state index >= 15 is 0 Å². The summed E-state index contributed by atoms with van der Waals surface area (Å²) in [6.07, 6.45) is 0.363. The highest BCUT2D eigenvalue weighted by Gasteiger charge is 2.34. The molecule has 0 aromatic heterocycles. The Morgan fingerprint density at radius 2 is 1.75 bits per heavy atom. The van der Waals surface area contributed by atoms with Gasteiger partial charge in [-0.05, 0) is 19.1 Å². The lowest BCUT2D eigenvalue weighted by molar-refractivity contribution is -0.116. The van der Waals surface area contributed by atoms with Crippen molar-refractivity contribution in [3.05, 3.63) is 46.5 Å². The van der Waals surface area contributed by atoms with E-state index in [-0.39, 0.29) is 22.5 Å². The van der Waals surface area contributed by atoms with Gasteiger partial charge in [0.25, 0.3) is 0 Å². The van der Waals surface area contributed by atoms with Gasteiger partial charge in [-0.3, -0.25) is 14.4 Å². The Kier molecular flexibility index (Phi) is 4.20. The third-order valence-electron chi connectivity index (χ3n) is 3.38. The Bertz CT molecular complexity index is 634. The smallest absolute Gasteiger partial charge is 0.197 e. The third kappa shape index (κ3) is 2.34. The number of rotatable bonds is 4. The van der Waals surface area contributed by atoms with Crippen LogP contribution in [0.3, 0.4) is 0 Å². The molecule has 1 unspecified atom stereocenters. The number of benzene rings is 1. The van der Waals surface area contributed by atoms with E-state index in [0.29, 0.717) is 17.7 Å². The molecule has 0 spiro atoms. The van der Waals surface area contributed by atoms with Crippen LogP contribution in [0.4, 0.5) is 0 Å². The predicted octanol–water partition coefficient (Wildman–Crippen LogP) is 1.60. The molecule has 1 aromatic carbocycles. The van der Waals surface area contributed by atoms with Crippen LogP contribution >= 0.6 is 12.6 Å². The fourth-order valence-corrected chi connectivity index (χ4v) is 2.53. The zero-order chi connectivity index (χ0) is 14.9. The molecule has 0 amide bonds. The molecule has 0 bridgehead atoms. The van der Waals surface area contributed by atoms with E-state index in [1.165, 1.54) is 6.92 Å². The topological polar surface area (TPSA) is 77.2 Å². The Hall–Kier alpha value is -1.72. The molecule has 0 radical (unpaired) electrons. The maximum atomic E-state index is 12.4. The second kappa shape index (κ2) is 5.73. The summed E-state index contributed by atoms with van der Waals surface area (Å²) in [5.74, 6) is -0.749. The fourth-order valence-electron chi connectivity index (χ4n) is 2.25. The van der Waals surface area contributed by atoms with Crippen molar-refractivity contribution in [1.82, 2.24) is 0 Å². The van der Waals surface area contributed by atoms with Gasteiger partial charge in [-0.2, -0.15) is 12.6 Å². The quantitative estimate of drug-likeness (QED) is 0.652. The van der Waals surface area contributed by atoms with Gasteiger partial charge in [0.2, 0.25) is 0 Å². The normalized spacial score (nSPS) is 16.1. The molecule has 1 aliphatic rings. The van der Waals surface area contributed by atoms with Crippen molar-refractivity contribution in [2.24, 2.45) is 5.73 Å². The van der Waals surface area contributed by atoms with Crippen molar-refractivity contribution >= 4 is 30.0 Å². The molecule has 5 heteroatoms. The van der Waals surface area contributed by atoms with Crippen molar-refractivity contribution in [3.8, 4) is 0 Å². The van der Waals surface area contributed by atoms with Crippen LogP contribution < -0.4 is 5.73 Å². The number of nitrogens with two attached hydrogens (primary N) is 1. The second-order valence-electron chi connectivity index (χ2n) is 4.69. The number of Topliss-reactive ketones (excluding diaryl/α,β-unsaturated/α-hetero) is 3. The van der Waals surface area contributed by atoms with Gasteiger partial charge in [0.05, 0.1) is 11.6 Å². The summed E-state index contributed by atoms with van der Waals surface area (Å²) in [7, 11) is 0. The summed E-state index contributed by atoms with van der Waals surface area (Å²) in [6.45, 7) is 1.50. The summed E-state index contributed by atoms with van der Waals surface area (Å²) >= 11 is 4.03. The minimum atomic E-state index is -0.806. The van der Waals surface area contributed by atoms with Gasteiger partial charge in [-0.15, -0.1) is 0 Å². The Morgan fingerprint density at radius 3 is 2.30 bits per heavy atom. The molecule has 2 N–H and O–H groups in total. The van der Waals surface area contributed by atoms with Crippen molar-refractivity contribution in [2.45, 2.75) is 19.4 Å². The summed E-state index contributed by atoms with van der Waals surface area (Å²) in [4.78, 5) is 36.9. The number of fused-ring (bicyclic) bond motifs is 1. The van der Waals surface area contributed by atoms with Crippen LogP contribution in [0, 0.1) is 0 Å². The van der Waals surface area contributed by atoms with Gasteiger partial charge in [0.1, 0.15) is 0 Å². The van der Waals surface area contributed by atoms with Gasteiger partial charge in [0, 0.05) is 16.7 Å². The molecule has 0 saturated heterocycles. The predicted molar refractivity (Wildman–Crippen MR) is 79.3 cm³/mol. The molecule has 1 atom stereocenters. The third-order valence-corrected chi connectivity index (χ3v) is 3.64. The molecule has 0 aliphatic heterocycles. The van der Waals surface area contributed by atoms with Gasteiger partial charge in [-0.1, -0.05) is 24.3 Å². The Labute approximate surface area is 122 Å². The molecule has 1 aromatic rings. The van der Waals surface area contributed by atoms with Gasteiger partial charge in [-0.25, -0.2) is 0 Å². The van der Waals surface area contributed by atoms with Crippen molar-refractivity contribution in [3.63, 3.8) is 0 Å². The van der Waals surface area contributed by atoms with Gasteiger partial charge >= 0.3 is 0 Å². The van der Waals surface area contributed by atoms with E-state index < -0.39 is 17.6 Å². The lowest BCUT2D eigenvalue weighted by Gasteiger charge is -2.20. The number of carbonyl (C=O) groups is 3. The summed E-state index contributed by atoms with van der Waals surface area (Å²) in [6, 6.07) is 5.70. The molecular formula is C15H15NO3S. The van der Waals surface area contributed by atoms with Crippen LogP contribution in [0.15, 0.2) is 35.4 Å². The molecule has 2 rings (SSSR count). The second-order valence-corrected chi connectivity index (χ2v) is 5.13. The number of carbonyl (C=O) groups excluding carboxylic acids is 3. The fraction of sp³-hybridized carbons (Fsp3) is 0.267. The van der Waals surface area contributed by atoms with Crippen molar-refractivity contribution in [1.29, 1.82) is 0 Å². The van der Waals surface area contributed by atoms with Crippen LogP contribution in [0.1, 0.15) is 34.1 Å². The molecule has 1 aliphatic carbocycles. The standard InChI is InChI=1S/C15H15NO3S/c1-8-12(15(19)11(16)6-7-20)14(18)10-5-3-2-4-9(10)13(8)17/h2-5,11,20H,6-7,16H2,1H3. The lowest BCUT2D eigenvalue weighted by Crippen LogP contribution is -2.37. The van der Waals surface area contributed by atoms with Crippen LogP contribution in [0.5, 0.6) is 0 Å². The van der Waals surface area contributed by atoms with Crippen molar-refractivity contribution < 1.29 is 14.4 Å². The maximum Gasteiger partial charge on any atom is 0.197 e. The van der Waals surface area contributed by atoms with E-state index in [9.17, 15) is 14.4 Å². The van der Waals surface area contributed by atoms with E-state index in [4.69, 9.17) is 5.73 Å². The maximum absolute atomic E-state index is 12.4. The van der Waals surface area contributed by atoms with Gasteiger partial charge in [0.15, 0.2) is 17.3 Å². The summed E-state index contributed by atoms with van der Waals surface area (Å²) in [5, 5.41) is 0. The van der Waals surface area contributed by atoms with E-state index in [1.54, 1.807) is 24.3 Å². The average Bonchev–Trinajstić information content (AvgIpc) is 2.45. The highest BCUT2D eigenvalue weighted by molar-refractivity contribution is 7.80. The number of allylic oxidation sites excluding steroid dienone is 1. The first-order valence-electron chi connectivity index (χ1n) is 6.29. The van der Waals surface area contributed by atoms with Crippen molar-refractivity contribution in [2.75, 3.05) is 5.75 Å². The Balaban J connectivity index is 2.50. The monoisotopic (exact) mass is 289 g/mol. The van der Waals surface area contributed by atoms with Crippen LogP contribution in [0.25, 0.3) is 0 Å². The summed E-state index contributed by atoms with van der Waals surface area (Å²) < 4.78 is 0. The van der Waals surface area contributed by atoms with E-state index in [2.05, 4.69) is 12.6 Å². The molecule has 0 fully saturated rings. The number of hydrogen-bond acceptors (Lipinski definition) is 5. The van der Waals surface area contributed by atoms with Crippen LogP contribution in [-0.2, 0) is 4.79 Å². The minimum Gasteiger partial charge on any atom is -0.321 e. The molecule has 4 nitrogen and oxygen atoms in total. The first-order valence-corrected chi connectivity index (χ1v) is 6.92. The van der Waals surface area contributed by atoms with Gasteiger partial charge < -0.3 is 5.73 Å². The zero-order valence-corrected chi connectivity index (χ0v) is 11.9. The van der Waals surface area contributed by atoms with Crippen LogP contribution in [0.2, 0.25) is 0 Å². The number of ketones is 3.